The molecule has 2 fully saturated rings. The summed E-state index contributed by atoms with van der Waals surface area (Å²) in [5.74, 6) is 0.0993. The highest BCUT2D eigenvalue weighted by Crippen LogP contribution is 2.26. The maximum Gasteiger partial charge on any atom is 0.315 e. The molecular formula is C14H26N4O3. The minimum absolute atomic E-state index is 0.0443. The number of nitrogens with zero attached hydrogens (tertiary/aromatic N) is 1. The van der Waals surface area contributed by atoms with Crippen LogP contribution in [0.5, 0.6) is 0 Å². The normalized spacial score (nSPS) is 26.7. The predicted molar refractivity (Wildman–Crippen MR) is 79.4 cm³/mol. The zero-order valence-corrected chi connectivity index (χ0v) is 12.4. The molecule has 2 aliphatic rings. The molecular weight excluding hydrogens is 272 g/mol. The van der Waals surface area contributed by atoms with E-state index in [0.29, 0.717) is 26.1 Å². The van der Waals surface area contributed by atoms with Crippen molar-refractivity contribution in [2.24, 2.45) is 10.9 Å². The maximum absolute atomic E-state index is 12.2. The van der Waals surface area contributed by atoms with Gasteiger partial charge in [0.25, 0.3) is 0 Å². The number of amides is 2. The molecule has 1 aliphatic carbocycles. The van der Waals surface area contributed by atoms with Crippen LogP contribution in [-0.4, -0.2) is 41.9 Å². The average Bonchev–Trinajstić information content (AvgIpc) is 2.93. The van der Waals surface area contributed by atoms with Crippen molar-refractivity contribution >= 4 is 11.9 Å². The van der Waals surface area contributed by atoms with Crippen molar-refractivity contribution in [2.75, 3.05) is 13.2 Å². The molecule has 0 radical (unpaired) electrons. The highest BCUT2D eigenvalue weighted by molar-refractivity contribution is 5.93. The number of hydrogen-bond acceptors (Lipinski definition) is 4. The molecule has 1 saturated carbocycles. The first-order valence-corrected chi connectivity index (χ1v) is 7.81. The van der Waals surface area contributed by atoms with Crippen LogP contribution >= 0.6 is 0 Å². The quantitative estimate of drug-likeness (QED) is 0.272. The molecule has 7 heteroatoms. The van der Waals surface area contributed by atoms with Crippen LogP contribution in [0, 0.1) is 0 Å². The van der Waals surface area contributed by atoms with E-state index >= 15 is 0 Å². The fraction of sp³-hybridized carbons (Fsp3) is 0.857. The van der Waals surface area contributed by atoms with E-state index in [-0.39, 0.29) is 17.9 Å². The first-order valence-electron chi connectivity index (χ1n) is 7.81. The summed E-state index contributed by atoms with van der Waals surface area (Å²) in [5, 5.41) is 18.1. The van der Waals surface area contributed by atoms with Crippen molar-refractivity contribution in [1.29, 1.82) is 0 Å². The van der Waals surface area contributed by atoms with Crippen LogP contribution in [-0.2, 0) is 4.74 Å². The molecule has 2 amide bonds. The molecule has 7 nitrogen and oxygen atoms in total. The van der Waals surface area contributed by atoms with Crippen molar-refractivity contribution in [1.82, 2.24) is 10.6 Å². The molecule has 0 aromatic rings. The van der Waals surface area contributed by atoms with Crippen LogP contribution in [0.2, 0.25) is 0 Å². The lowest BCUT2D eigenvalue weighted by Crippen LogP contribution is -2.60. The third kappa shape index (κ3) is 4.23. The number of hydrogen-bond donors (Lipinski definition) is 4. The first kappa shape index (κ1) is 15.9. The SMILES string of the molecule is NC(=NO)C1(NC(=O)NC2CCOC2)CCCCCCC1. The summed E-state index contributed by atoms with van der Waals surface area (Å²) < 4.78 is 5.25. The molecule has 21 heavy (non-hydrogen) atoms. The van der Waals surface area contributed by atoms with E-state index in [4.69, 9.17) is 15.7 Å². The second-order valence-corrected chi connectivity index (χ2v) is 5.99. The van der Waals surface area contributed by atoms with E-state index in [1.807, 2.05) is 0 Å². The van der Waals surface area contributed by atoms with Gasteiger partial charge < -0.3 is 26.3 Å². The van der Waals surface area contributed by atoms with Gasteiger partial charge in [-0.2, -0.15) is 0 Å². The van der Waals surface area contributed by atoms with Crippen LogP contribution < -0.4 is 16.4 Å². The Morgan fingerprint density at radius 3 is 2.48 bits per heavy atom. The topological polar surface area (TPSA) is 109 Å². The van der Waals surface area contributed by atoms with Crippen molar-refractivity contribution < 1.29 is 14.7 Å². The van der Waals surface area contributed by atoms with Crippen LogP contribution in [0.15, 0.2) is 5.16 Å². The summed E-state index contributed by atoms with van der Waals surface area (Å²) >= 11 is 0. The van der Waals surface area contributed by atoms with Gasteiger partial charge in [-0.05, 0) is 19.3 Å². The molecule has 2 rings (SSSR count). The summed E-state index contributed by atoms with van der Waals surface area (Å²) in [6, 6.07) is -0.222. The van der Waals surface area contributed by atoms with Crippen molar-refractivity contribution in [3.8, 4) is 0 Å². The Kier molecular flexibility index (Phi) is 5.67. The van der Waals surface area contributed by atoms with Gasteiger partial charge in [-0.25, -0.2) is 4.79 Å². The summed E-state index contributed by atoms with van der Waals surface area (Å²) in [7, 11) is 0. The Morgan fingerprint density at radius 2 is 1.90 bits per heavy atom. The summed E-state index contributed by atoms with van der Waals surface area (Å²) in [6.45, 7) is 1.22. The maximum atomic E-state index is 12.2. The van der Waals surface area contributed by atoms with Crippen LogP contribution in [0.4, 0.5) is 4.79 Å². The zero-order valence-electron chi connectivity index (χ0n) is 12.4. The molecule has 0 spiro atoms. The lowest BCUT2D eigenvalue weighted by Gasteiger charge is -2.35. The number of carbonyl (C=O) groups excluding carboxylic acids is 1. The number of nitrogens with one attached hydrogen (secondary N) is 2. The fourth-order valence-electron chi connectivity index (χ4n) is 3.14. The summed E-state index contributed by atoms with van der Waals surface area (Å²) in [4.78, 5) is 12.2. The Labute approximate surface area is 125 Å². The van der Waals surface area contributed by atoms with Gasteiger partial charge in [0.05, 0.1) is 12.6 Å². The number of amidine groups is 1. The smallest absolute Gasteiger partial charge is 0.315 e. The standard InChI is InChI=1S/C14H26N4O3/c15-12(18-20)14(7-4-2-1-3-5-8-14)17-13(19)16-11-6-9-21-10-11/h11,20H,1-10H2,(H2,15,18)(H2,16,17,19). The van der Waals surface area contributed by atoms with E-state index in [9.17, 15) is 4.79 Å². The van der Waals surface area contributed by atoms with Crippen LogP contribution in [0.3, 0.4) is 0 Å². The third-order valence-corrected chi connectivity index (χ3v) is 4.42. The molecule has 0 aromatic carbocycles. The Hall–Kier alpha value is -1.50. The molecule has 0 bridgehead atoms. The second-order valence-electron chi connectivity index (χ2n) is 5.99. The number of urea groups is 1. The van der Waals surface area contributed by atoms with E-state index in [1.54, 1.807) is 0 Å². The highest BCUT2D eigenvalue weighted by atomic mass is 16.5. The van der Waals surface area contributed by atoms with Gasteiger partial charge in [-0.3, -0.25) is 0 Å². The zero-order chi connectivity index (χ0) is 15.1. The largest absolute Gasteiger partial charge is 0.409 e. The lowest BCUT2D eigenvalue weighted by atomic mass is 9.83. The van der Waals surface area contributed by atoms with Gasteiger partial charge in [0.2, 0.25) is 0 Å². The third-order valence-electron chi connectivity index (χ3n) is 4.42. The monoisotopic (exact) mass is 298 g/mol. The van der Waals surface area contributed by atoms with Crippen LogP contribution in [0.25, 0.3) is 0 Å². The lowest BCUT2D eigenvalue weighted by molar-refractivity contribution is 0.187. The molecule has 1 unspecified atom stereocenters. The summed E-state index contributed by atoms with van der Waals surface area (Å²) in [5.41, 5.74) is 5.16. The summed E-state index contributed by atoms with van der Waals surface area (Å²) in [6.07, 6.45) is 7.59. The number of oxime groups is 1. The number of rotatable bonds is 3. The fourth-order valence-corrected chi connectivity index (χ4v) is 3.14. The van der Waals surface area contributed by atoms with Gasteiger partial charge in [0.1, 0.15) is 5.54 Å². The first-order chi connectivity index (χ1) is 10.2. The number of nitrogens with two attached hydrogens (primary N) is 1. The Bertz CT molecular complexity index is 372. The van der Waals surface area contributed by atoms with E-state index in [0.717, 1.165) is 32.1 Å². The number of carbonyl (C=O) groups is 1. The number of ether oxygens (including phenoxy) is 1. The molecule has 120 valence electrons. The van der Waals surface area contributed by atoms with E-state index in [1.165, 1.54) is 6.42 Å². The van der Waals surface area contributed by atoms with Gasteiger partial charge >= 0.3 is 6.03 Å². The Balaban J connectivity index is 2.01. The Morgan fingerprint density at radius 1 is 1.24 bits per heavy atom. The molecule has 5 N–H and O–H groups in total. The second kappa shape index (κ2) is 7.49. The van der Waals surface area contributed by atoms with Gasteiger partial charge in [0.15, 0.2) is 5.84 Å². The molecule has 1 saturated heterocycles. The molecule has 1 atom stereocenters. The average molecular weight is 298 g/mol. The van der Waals surface area contributed by atoms with Gasteiger partial charge in [0, 0.05) is 6.61 Å². The molecule has 1 aliphatic heterocycles. The highest BCUT2D eigenvalue weighted by Gasteiger charge is 2.37. The van der Waals surface area contributed by atoms with Crippen molar-refractivity contribution in [2.45, 2.75) is 62.9 Å². The van der Waals surface area contributed by atoms with Crippen LogP contribution in [0.1, 0.15) is 51.4 Å². The minimum Gasteiger partial charge on any atom is -0.409 e. The van der Waals surface area contributed by atoms with Crippen molar-refractivity contribution in [3.05, 3.63) is 0 Å². The minimum atomic E-state index is -0.737. The molecule has 1 heterocycles. The van der Waals surface area contributed by atoms with Gasteiger partial charge in [-0.1, -0.05) is 37.3 Å². The predicted octanol–water partition coefficient (Wildman–Crippen LogP) is 1.30. The van der Waals surface area contributed by atoms with Crippen molar-refractivity contribution in [3.63, 3.8) is 0 Å². The van der Waals surface area contributed by atoms with E-state index in [2.05, 4.69) is 15.8 Å². The molecule has 0 aromatic heterocycles. The van der Waals surface area contributed by atoms with E-state index < -0.39 is 5.54 Å². The van der Waals surface area contributed by atoms with Gasteiger partial charge in [-0.15, -0.1) is 0 Å².